The molecule has 2 fully saturated rings. The topological polar surface area (TPSA) is 484 Å². The lowest BCUT2D eigenvalue weighted by atomic mass is 10.0. The number of nitrogens with zero attached hydrogens (tertiary/aromatic N) is 3. The third-order valence-electron chi connectivity index (χ3n) is 13.5. The summed E-state index contributed by atoms with van der Waals surface area (Å²) in [6.45, 7) is 0.991. The Morgan fingerprint density at radius 2 is 1.20 bits per heavy atom. The maximum Gasteiger partial charge on any atom is 0.245 e. The first-order valence-electron chi connectivity index (χ1n) is 26.5. The molecule has 8 atom stereocenters. The van der Waals surface area contributed by atoms with Gasteiger partial charge in [-0.15, -0.1) is 0 Å². The molecule has 2 saturated heterocycles. The number of fused-ring (bicyclic) bond motifs is 1. The maximum atomic E-state index is 14.7. The number of guanidine groups is 2. The number of rotatable bonds is 18. The van der Waals surface area contributed by atoms with E-state index in [0.29, 0.717) is 17.5 Å². The van der Waals surface area contributed by atoms with Crippen LogP contribution in [0.15, 0.2) is 70.8 Å². The summed E-state index contributed by atoms with van der Waals surface area (Å²) < 4.78 is 0. The van der Waals surface area contributed by atoms with E-state index in [9.17, 15) is 52.7 Å². The first-order valence-corrected chi connectivity index (χ1v) is 26.5. The number of aromatic amines is 1. The maximum absolute atomic E-state index is 14.7. The average molecular weight is 1130 g/mol. The predicted molar refractivity (Wildman–Crippen MR) is 296 cm³/mol. The van der Waals surface area contributed by atoms with Crippen molar-refractivity contribution in [2.45, 2.75) is 132 Å². The van der Waals surface area contributed by atoms with Gasteiger partial charge in [-0.25, -0.2) is 0 Å². The van der Waals surface area contributed by atoms with Gasteiger partial charge >= 0.3 is 0 Å². The van der Waals surface area contributed by atoms with Crippen LogP contribution < -0.4 is 76.9 Å². The smallest absolute Gasteiger partial charge is 0.245 e. The summed E-state index contributed by atoms with van der Waals surface area (Å²) in [5.74, 6) is -9.88. The molecule has 0 unspecified atom stereocenters. The summed E-state index contributed by atoms with van der Waals surface area (Å²) in [6.07, 6.45) is 0.511. The average Bonchev–Trinajstić information content (AvgIpc) is 3.84. The minimum absolute atomic E-state index is 0.0188. The Labute approximate surface area is 466 Å². The minimum Gasteiger partial charge on any atom is -0.370 e. The fourth-order valence-corrected chi connectivity index (χ4v) is 9.26. The molecule has 11 amide bonds. The number of nitrogens with one attached hydrogen (secondary N) is 9. The Morgan fingerprint density at radius 3 is 1.84 bits per heavy atom. The molecule has 0 saturated carbocycles. The van der Waals surface area contributed by atoms with Gasteiger partial charge in [-0.3, -0.25) is 62.7 Å². The molecular formula is C52H74N18O11. The Bertz CT molecular complexity index is 2820. The van der Waals surface area contributed by atoms with Crippen LogP contribution in [0.3, 0.4) is 0 Å². The SMILES string of the molecule is CC(=O)N1C[C@H](C(=O)N[C@H]2CC(=O)NCCCC[C@@H](C(N)=O)NC(=O)[C@H](Cc3c[nH]c4ccccc34)NC(=O)[C@H](CCCN=C(N)N)NC(=O)[C@@H](Cc3ccccc3)NC(=O)[C@H](CCC(N)=O)NC2=O)NC(=O)[C@@H]1CCCN=C(N)N. The van der Waals surface area contributed by atoms with Gasteiger partial charge in [-0.2, -0.15) is 0 Å². The largest absolute Gasteiger partial charge is 0.370 e. The molecule has 29 nitrogen and oxygen atoms in total. The van der Waals surface area contributed by atoms with Crippen molar-refractivity contribution in [3.8, 4) is 0 Å². The summed E-state index contributed by atoms with van der Waals surface area (Å²) in [4.78, 5) is 164. The summed E-state index contributed by atoms with van der Waals surface area (Å²) in [7, 11) is 0. The second kappa shape index (κ2) is 30.7. The number of benzene rings is 2. The zero-order valence-corrected chi connectivity index (χ0v) is 45.0. The quantitative estimate of drug-likeness (QED) is 0.0323. The molecular weight excluding hydrogens is 1050 g/mol. The number of para-hydroxylation sites is 1. The third-order valence-corrected chi connectivity index (χ3v) is 13.5. The predicted octanol–water partition coefficient (Wildman–Crippen LogP) is -4.87. The molecule has 2 aromatic carbocycles. The summed E-state index contributed by atoms with van der Waals surface area (Å²) in [5.41, 5.74) is 35.2. The van der Waals surface area contributed by atoms with Crippen molar-refractivity contribution in [1.29, 1.82) is 0 Å². The van der Waals surface area contributed by atoms with Crippen molar-refractivity contribution in [1.82, 2.24) is 52.4 Å². The van der Waals surface area contributed by atoms with E-state index in [2.05, 4.69) is 57.5 Å². The molecule has 0 spiro atoms. The standard InChI is InChI=1S/C52H74N18O11/c1-28(71)70-27-39(69-50(81)40(70)17-10-22-61-52(57)58)49(80)68-38-25-42(73)59-20-8-7-15-33(43(54)74)63-47(78)37(24-30-26-62-32-14-6-5-13-31(30)32)67-44(75)34(16-9-21-60-51(55)56)64-46(77)36(23-29-11-3-2-4-12-29)66-45(76)35(65-48(38)79)18-19-41(53)72/h2-6,11-14,26,33-40,62H,7-10,15-25,27H2,1H3,(H2,53,72)(H2,54,74)(H,59,73)(H,63,78)(H,64,77)(H,65,79)(H,66,76)(H,67,75)(H,68,80)(H,69,81)(H4,55,56,60)(H4,57,58,61)/t33-,34-,35-,36+,37-,38-,39+,40-/m0/s1. The molecule has 438 valence electrons. The number of amides is 11. The molecule has 1 aromatic heterocycles. The second-order valence-corrected chi connectivity index (χ2v) is 19.7. The first kappa shape index (κ1) is 62.5. The summed E-state index contributed by atoms with van der Waals surface area (Å²) in [5, 5.41) is 21.6. The van der Waals surface area contributed by atoms with Gasteiger partial charge in [0.2, 0.25) is 65.0 Å². The summed E-state index contributed by atoms with van der Waals surface area (Å²) in [6, 6.07) is 4.20. The van der Waals surface area contributed by atoms with Gasteiger partial charge in [0.1, 0.15) is 48.3 Å². The van der Waals surface area contributed by atoms with Crippen LogP contribution in [-0.4, -0.2) is 161 Å². The lowest BCUT2D eigenvalue weighted by Crippen LogP contribution is -2.66. The fourth-order valence-electron chi connectivity index (χ4n) is 9.26. The van der Waals surface area contributed by atoms with Gasteiger partial charge in [0, 0.05) is 62.9 Å². The second-order valence-electron chi connectivity index (χ2n) is 19.7. The van der Waals surface area contributed by atoms with Crippen molar-refractivity contribution in [2.24, 2.45) is 44.4 Å². The molecule has 81 heavy (non-hydrogen) atoms. The number of piperazine rings is 1. The first-order chi connectivity index (χ1) is 38.6. The van der Waals surface area contributed by atoms with Gasteiger partial charge in [0.05, 0.1) is 13.0 Å². The number of aromatic nitrogens is 1. The molecule has 3 heterocycles. The number of hydrogen-bond acceptors (Lipinski definition) is 13. The summed E-state index contributed by atoms with van der Waals surface area (Å²) >= 11 is 0. The lowest BCUT2D eigenvalue weighted by Gasteiger charge is -2.38. The molecule has 5 rings (SSSR count). The van der Waals surface area contributed by atoms with E-state index in [0.717, 1.165) is 10.9 Å². The van der Waals surface area contributed by atoms with Gasteiger partial charge in [-0.1, -0.05) is 48.5 Å². The molecule has 0 aliphatic carbocycles. The monoisotopic (exact) mass is 1130 g/mol. The molecule has 29 heteroatoms. The van der Waals surface area contributed by atoms with E-state index in [-0.39, 0.29) is 89.5 Å². The number of carbonyl (C=O) groups excluding carboxylic acids is 11. The van der Waals surface area contributed by atoms with Gasteiger partial charge in [-0.05, 0) is 68.6 Å². The molecule has 0 bridgehead atoms. The van der Waals surface area contributed by atoms with E-state index in [4.69, 9.17) is 34.4 Å². The highest BCUT2D eigenvalue weighted by molar-refractivity contribution is 6.00. The Balaban J connectivity index is 1.51. The van der Waals surface area contributed by atoms with Crippen LogP contribution in [0.2, 0.25) is 0 Å². The van der Waals surface area contributed by atoms with Crippen molar-refractivity contribution < 1.29 is 52.7 Å². The van der Waals surface area contributed by atoms with Gasteiger partial charge in [0.25, 0.3) is 0 Å². The highest BCUT2D eigenvalue weighted by atomic mass is 16.2. The molecule has 2 aliphatic rings. The highest BCUT2D eigenvalue weighted by Gasteiger charge is 2.41. The number of aliphatic imine (C=N–C) groups is 2. The number of hydrogen-bond donors (Lipinski definition) is 15. The van der Waals surface area contributed by atoms with E-state index < -0.39 is 133 Å². The van der Waals surface area contributed by atoms with Crippen molar-refractivity contribution >= 4 is 87.8 Å². The van der Waals surface area contributed by atoms with Crippen LogP contribution in [0.5, 0.6) is 0 Å². The molecule has 3 aromatic rings. The van der Waals surface area contributed by atoms with Crippen LogP contribution in [0.1, 0.15) is 82.3 Å². The van der Waals surface area contributed by atoms with Gasteiger partial charge < -0.3 is 86.8 Å². The highest BCUT2D eigenvalue weighted by Crippen LogP contribution is 2.20. The number of carbonyl (C=O) groups is 11. The van der Waals surface area contributed by atoms with Crippen molar-refractivity contribution in [3.63, 3.8) is 0 Å². The Hall–Kier alpha value is -9.31. The Morgan fingerprint density at radius 1 is 0.630 bits per heavy atom. The third kappa shape index (κ3) is 19.8. The zero-order chi connectivity index (χ0) is 59.2. The molecule has 21 N–H and O–H groups in total. The van der Waals surface area contributed by atoms with E-state index in [1.807, 2.05) is 18.2 Å². The van der Waals surface area contributed by atoms with E-state index in [1.54, 1.807) is 42.6 Å². The lowest BCUT2D eigenvalue weighted by molar-refractivity contribution is -0.146. The normalized spacial score (nSPS) is 22.9. The van der Waals surface area contributed by atoms with Crippen molar-refractivity contribution in [2.75, 3.05) is 26.2 Å². The molecule has 2 aliphatic heterocycles. The van der Waals surface area contributed by atoms with Crippen LogP contribution in [-0.2, 0) is 65.6 Å². The van der Waals surface area contributed by atoms with Gasteiger partial charge in [0.15, 0.2) is 11.9 Å². The Kier molecular flexibility index (Phi) is 23.7. The van der Waals surface area contributed by atoms with Crippen LogP contribution in [0.4, 0.5) is 0 Å². The van der Waals surface area contributed by atoms with Crippen LogP contribution in [0, 0.1) is 0 Å². The zero-order valence-electron chi connectivity index (χ0n) is 45.0. The van der Waals surface area contributed by atoms with Crippen LogP contribution >= 0.6 is 0 Å². The minimum atomic E-state index is -1.78. The van der Waals surface area contributed by atoms with Crippen molar-refractivity contribution in [3.05, 3.63) is 71.9 Å². The number of primary amides is 2. The number of nitrogens with two attached hydrogens (primary N) is 6. The van der Waals surface area contributed by atoms with E-state index >= 15 is 0 Å². The number of H-pyrrole nitrogens is 1. The fraction of sp³-hybridized carbons (Fsp3) is 0.481. The van der Waals surface area contributed by atoms with Crippen LogP contribution in [0.25, 0.3) is 10.9 Å². The van der Waals surface area contributed by atoms with E-state index in [1.165, 1.54) is 11.8 Å². The molecule has 0 radical (unpaired) electrons.